The number of ether oxygens (including phenoxy) is 1. The number of alkyl carbamates (subject to hydrolysis) is 1. The normalized spacial score (nSPS) is 9.73. The quantitative estimate of drug-likeness (QED) is 0.837. The van der Waals surface area contributed by atoms with Crippen molar-refractivity contribution in [1.82, 2.24) is 5.32 Å². The smallest absolute Gasteiger partial charge is 0.407 e. The number of carbonyl (C=O) groups is 1. The van der Waals surface area contributed by atoms with E-state index in [4.69, 9.17) is 4.74 Å². The molecule has 0 unspecified atom stereocenters. The summed E-state index contributed by atoms with van der Waals surface area (Å²) >= 11 is 7.35. The number of nitrogens with one attached hydrogen (secondary N) is 1. The van der Waals surface area contributed by atoms with Crippen LogP contribution in [0.15, 0.2) is 28.7 Å². The molecule has 0 fully saturated rings. The lowest BCUT2D eigenvalue weighted by atomic mass is 10.2. The first kappa shape index (κ1) is 12.4. The van der Waals surface area contributed by atoms with Crippen LogP contribution in [0.1, 0.15) is 5.56 Å². The lowest BCUT2D eigenvalue weighted by molar-refractivity contribution is 0.140. The minimum absolute atomic E-state index is 0.264. The lowest BCUT2D eigenvalue weighted by Crippen LogP contribution is -2.25. The van der Waals surface area contributed by atoms with E-state index in [1.165, 1.54) is 0 Å². The van der Waals surface area contributed by atoms with Gasteiger partial charge in [-0.25, -0.2) is 4.79 Å². The summed E-state index contributed by atoms with van der Waals surface area (Å²) in [4.78, 5) is 11.1. The molecule has 15 heavy (non-hydrogen) atoms. The molecule has 3 nitrogen and oxygen atoms in total. The van der Waals surface area contributed by atoms with Gasteiger partial charge in [-0.15, -0.1) is 0 Å². The summed E-state index contributed by atoms with van der Waals surface area (Å²) in [6, 6.07) is 7.62. The molecule has 0 aliphatic carbocycles. The highest BCUT2D eigenvalue weighted by Crippen LogP contribution is 2.16. The van der Waals surface area contributed by atoms with Gasteiger partial charge in [0.15, 0.2) is 0 Å². The summed E-state index contributed by atoms with van der Waals surface area (Å²) in [5, 5.41) is 2.57. The Morgan fingerprint density at radius 1 is 1.47 bits per heavy atom. The van der Waals surface area contributed by atoms with Crippen LogP contribution in [0.3, 0.4) is 0 Å². The fraction of sp³-hybridized carbons (Fsp3) is 0.300. The van der Waals surface area contributed by atoms with Crippen molar-refractivity contribution < 1.29 is 9.53 Å². The van der Waals surface area contributed by atoms with Gasteiger partial charge in [-0.3, -0.25) is 0 Å². The van der Waals surface area contributed by atoms with Gasteiger partial charge < -0.3 is 10.1 Å². The second-order valence-electron chi connectivity index (χ2n) is 2.82. The summed E-state index contributed by atoms with van der Waals surface area (Å²) in [5.74, 6) is 0.601. The van der Waals surface area contributed by atoms with E-state index in [1.54, 1.807) is 0 Å². The molecule has 1 amide bonds. The molecule has 0 aliphatic rings. The van der Waals surface area contributed by atoms with Crippen molar-refractivity contribution in [1.29, 1.82) is 0 Å². The minimum Gasteiger partial charge on any atom is -0.445 e. The highest BCUT2D eigenvalue weighted by molar-refractivity contribution is 9.10. The van der Waals surface area contributed by atoms with Crippen molar-refractivity contribution >= 4 is 34.7 Å². The van der Waals surface area contributed by atoms with Gasteiger partial charge in [0, 0.05) is 22.3 Å². The fourth-order valence-corrected chi connectivity index (χ4v) is 1.48. The molecule has 0 saturated heterocycles. The Morgan fingerprint density at radius 3 is 2.87 bits per heavy atom. The van der Waals surface area contributed by atoms with Gasteiger partial charge in [-0.1, -0.05) is 34.1 Å². The molecule has 0 aromatic heterocycles. The van der Waals surface area contributed by atoms with Crippen LogP contribution in [0, 0.1) is 0 Å². The first-order valence-corrected chi connectivity index (χ1v) is 5.91. The van der Waals surface area contributed by atoms with Gasteiger partial charge in [-0.2, -0.15) is 12.6 Å². The standard InChI is InChI=1S/C10H12BrNO2S/c11-9-4-2-1-3-8(9)7-14-10(13)12-5-6-15/h1-4,15H,5-7H2,(H,12,13). The first-order valence-electron chi connectivity index (χ1n) is 4.49. The van der Waals surface area contributed by atoms with Crippen LogP contribution in [-0.4, -0.2) is 18.4 Å². The van der Waals surface area contributed by atoms with Gasteiger partial charge in [0.05, 0.1) is 0 Å². The molecule has 0 spiro atoms. The number of halogens is 1. The number of thiol groups is 1. The molecule has 1 rings (SSSR count). The molecule has 1 N–H and O–H groups in total. The Kier molecular flexibility index (Phi) is 5.57. The molecule has 0 saturated carbocycles. The molecule has 0 radical (unpaired) electrons. The number of hydrogen-bond donors (Lipinski definition) is 2. The summed E-state index contributed by atoms with van der Waals surface area (Å²) in [6.07, 6.45) is -0.417. The van der Waals surface area contributed by atoms with E-state index >= 15 is 0 Å². The molecule has 82 valence electrons. The average Bonchev–Trinajstić information content (AvgIpc) is 2.25. The lowest BCUT2D eigenvalue weighted by Gasteiger charge is -2.07. The zero-order valence-electron chi connectivity index (χ0n) is 8.07. The van der Waals surface area contributed by atoms with Crippen LogP contribution in [-0.2, 0) is 11.3 Å². The van der Waals surface area contributed by atoms with Crippen LogP contribution in [0.2, 0.25) is 0 Å². The van der Waals surface area contributed by atoms with E-state index < -0.39 is 6.09 Å². The molecular formula is C10H12BrNO2S. The maximum Gasteiger partial charge on any atom is 0.407 e. The SMILES string of the molecule is O=C(NCCS)OCc1ccccc1Br. The monoisotopic (exact) mass is 289 g/mol. The van der Waals surface area contributed by atoms with Crippen LogP contribution >= 0.6 is 28.6 Å². The summed E-state index contributed by atoms with van der Waals surface area (Å²) in [7, 11) is 0. The summed E-state index contributed by atoms with van der Waals surface area (Å²) in [6.45, 7) is 0.776. The van der Waals surface area contributed by atoms with Gasteiger partial charge in [0.2, 0.25) is 0 Å². The van der Waals surface area contributed by atoms with E-state index in [0.717, 1.165) is 10.0 Å². The minimum atomic E-state index is -0.417. The van der Waals surface area contributed by atoms with Crippen molar-refractivity contribution in [2.75, 3.05) is 12.3 Å². The Bertz CT molecular complexity index is 333. The second kappa shape index (κ2) is 6.74. The van der Waals surface area contributed by atoms with Crippen molar-refractivity contribution in [3.63, 3.8) is 0 Å². The van der Waals surface area contributed by atoms with Crippen molar-refractivity contribution in [2.45, 2.75) is 6.61 Å². The van der Waals surface area contributed by atoms with E-state index in [0.29, 0.717) is 12.3 Å². The molecule has 1 aromatic rings. The van der Waals surface area contributed by atoms with Crippen molar-refractivity contribution in [2.24, 2.45) is 0 Å². The molecule has 0 aliphatic heterocycles. The topological polar surface area (TPSA) is 38.3 Å². The third-order valence-electron chi connectivity index (χ3n) is 1.70. The van der Waals surface area contributed by atoms with E-state index in [1.807, 2.05) is 24.3 Å². The highest BCUT2D eigenvalue weighted by Gasteiger charge is 2.03. The van der Waals surface area contributed by atoms with Gasteiger partial charge in [0.1, 0.15) is 6.61 Å². The summed E-state index contributed by atoms with van der Waals surface area (Å²) in [5.41, 5.74) is 0.943. The Labute approximate surface area is 103 Å². The van der Waals surface area contributed by atoms with Gasteiger partial charge in [0.25, 0.3) is 0 Å². The van der Waals surface area contributed by atoms with Crippen molar-refractivity contribution in [3.05, 3.63) is 34.3 Å². The van der Waals surface area contributed by atoms with Crippen LogP contribution in [0.4, 0.5) is 4.79 Å². The average molecular weight is 290 g/mol. The number of benzene rings is 1. The maximum atomic E-state index is 11.1. The third kappa shape index (κ3) is 4.57. The van der Waals surface area contributed by atoms with Crippen molar-refractivity contribution in [3.8, 4) is 0 Å². The van der Waals surface area contributed by atoms with Crippen LogP contribution < -0.4 is 5.32 Å². The molecule has 1 aromatic carbocycles. The predicted octanol–water partition coefficient (Wildman–Crippen LogP) is 2.61. The zero-order chi connectivity index (χ0) is 11.1. The third-order valence-corrected chi connectivity index (χ3v) is 2.69. The molecule has 0 bridgehead atoms. The molecule has 5 heteroatoms. The number of carbonyl (C=O) groups excluding carboxylic acids is 1. The van der Waals surface area contributed by atoms with Crippen LogP contribution in [0.5, 0.6) is 0 Å². The van der Waals surface area contributed by atoms with Gasteiger partial charge >= 0.3 is 6.09 Å². The second-order valence-corrected chi connectivity index (χ2v) is 4.12. The Hall–Kier alpha value is -0.680. The van der Waals surface area contributed by atoms with E-state index in [-0.39, 0.29) is 6.61 Å². The summed E-state index contributed by atoms with van der Waals surface area (Å²) < 4.78 is 5.93. The Balaban J connectivity index is 2.37. The zero-order valence-corrected chi connectivity index (χ0v) is 10.6. The highest BCUT2D eigenvalue weighted by atomic mass is 79.9. The maximum absolute atomic E-state index is 11.1. The first-order chi connectivity index (χ1) is 7.24. The number of hydrogen-bond acceptors (Lipinski definition) is 3. The molecule has 0 heterocycles. The molecular weight excluding hydrogens is 278 g/mol. The Morgan fingerprint density at radius 2 is 2.20 bits per heavy atom. The molecule has 0 atom stereocenters. The fourth-order valence-electron chi connectivity index (χ4n) is 0.968. The van der Waals surface area contributed by atoms with E-state index in [9.17, 15) is 4.79 Å². The number of rotatable bonds is 4. The van der Waals surface area contributed by atoms with Gasteiger partial charge in [-0.05, 0) is 6.07 Å². The van der Waals surface area contributed by atoms with E-state index in [2.05, 4.69) is 33.9 Å². The largest absolute Gasteiger partial charge is 0.445 e. The number of amides is 1. The van der Waals surface area contributed by atoms with Crippen LogP contribution in [0.25, 0.3) is 0 Å². The predicted molar refractivity (Wildman–Crippen MR) is 66.2 cm³/mol.